The molecule has 4 nitrogen and oxygen atoms in total. The van der Waals surface area contributed by atoms with Crippen LogP contribution in [0.3, 0.4) is 0 Å². The van der Waals surface area contributed by atoms with Crippen LogP contribution in [0.4, 0.5) is 0 Å². The van der Waals surface area contributed by atoms with Gasteiger partial charge in [-0.3, -0.25) is 0 Å². The van der Waals surface area contributed by atoms with Gasteiger partial charge in [-0.15, -0.1) is 0 Å². The third-order valence-electron chi connectivity index (χ3n) is 2.20. The fraction of sp³-hybridized carbons (Fsp3) is 0.300. The van der Waals surface area contributed by atoms with E-state index in [-0.39, 0.29) is 0 Å². The molecule has 0 unspecified atom stereocenters. The van der Waals surface area contributed by atoms with Crippen LogP contribution in [0.5, 0.6) is 5.75 Å². The first-order valence-electron chi connectivity index (χ1n) is 4.72. The molecule has 0 amide bonds. The molecule has 15 heavy (non-hydrogen) atoms. The highest BCUT2D eigenvalue weighted by Crippen LogP contribution is 2.22. The van der Waals surface area contributed by atoms with Gasteiger partial charge in [-0.1, -0.05) is 11.3 Å². The third-order valence-corrected chi connectivity index (χ3v) is 3.33. The molecule has 2 aromatic rings. The highest BCUT2D eigenvalue weighted by Gasteiger charge is 2.03. The van der Waals surface area contributed by atoms with Crippen molar-refractivity contribution in [1.29, 1.82) is 0 Å². The summed E-state index contributed by atoms with van der Waals surface area (Å²) in [5.41, 5.74) is 1.09. The second-order valence-corrected chi connectivity index (χ2v) is 4.14. The van der Waals surface area contributed by atoms with Gasteiger partial charge in [0.25, 0.3) is 0 Å². The Hall–Kier alpha value is -1.49. The maximum atomic E-state index is 5.44. The van der Waals surface area contributed by atoms with Crippen LogP contribution in [0.15, 0.2) is 23.3 Å². The van der Waals surface area contributed by atoms with E-state index in [4.69, 9.17) is 10.6 Å². The van der Waals surface area contributed by atoms with Gasteiger partial charge in [-0.05, 0) is 19.1 Å². The minimum atomic E-state index is 0.674. The van der Waals surface area contributed by atoms with Gasteiger partial charge in [-0.2, -0.15) is 5.10 Å². The summed E-state index contributed by atoms with van der Waals surface area (Å²) in [6.45, 7) is 2.64. The maximum absolute atomic E-state index is 5.44. The number of benzene rings is 1. The zero-order chi connectivity index (χ0) is 10.8. The monoisotopic (exact) mass is 223 g/mol. The largest absolute Gasteiger partial charge is 0.494 e. The van der Waals surface area contributed by atoms with Crippen LogP contribution in [0, 0.1) is 0 Å². The Morgan fingerprint density at radius 2 is 2.33 bits per heavy atom. The molecule has 0 radical (unpaired) electrons. The van der Waals surface area contributed by atoms with Crippen LogP contribution < -0.4 is 15.4 Å². The SMILES string of the molecule is CCOc1ccc2s/c(=N\N)n(C)c2c1. The molecular weight excluding hydrogens is 210 g/mol. The molecule has 80 valence electrons. The van der Waals surface area contributed by atoms with E-state index in [2.05, 4.69) is 5.10 Å². The maximum Gasteiger partial charge on any atom is 0.208 e. The van der Waals surface area contributed by atoms with Gasteiger partial charge in [0.05, 0.1) is 16.8 Å². The molecule has 5 heteroatoms. The van der Waals surface area contributed by atoms with Gasteiger partial charge in [0.2, 0.25) is 4.80 Å². The fourth-order valence-corrected chi connectivity index (χ4v) is 2.41. The van der Waals surface area contributed by atoms with Crippen LogP contribution in [-0.4, -0.2) is 11.2 Å². The summed E-state index contributed by atoms with van der Waals surface area (Å²) in [5.74, 6) is 6.17. The first-order valence-corrected chi connectivity index (χ1v) is 5.54. The van der Waals surface area contributed by atoms with E-state index in [1.54, 1.807) is 11.3 Å². The Bertz CT molecular complexity index is 541. The molecule has 0 aliphatic heterocycles. The van der Waals surface area contributed by atoms with Crippen LogP contribution in [-0.2, 0) is 7.05 Å². The van der Waals surface area contributed by atoms with E-state index < -0.39 is 0 Å². The lowest BCUT2D eigenvalue weighted by Gasteiger charge is -2.02. The molecule has 0 saturated carbocycles. The van der Waals surface area contributed by atoms with Crippen LogP contribution in [0.1, 0.15) is 6.92 Å². The Morgan fingerprint density at radius 3 is 3.00 bits per heavy atom. The van der Waals surface area contributed by atoms with E-state index in [1.807, 2.05) is 36.7 Å². The van der Waals surface area contributed by atoms with Gasteiger partial charge < -0.3 is 15.1 Å². The highest BCUT2D eigenvalue weighted by molar-refractivity contribution is 7.16. The summed E-state index contributed by atoms with van der Waals surface area (Å²) in [7, 11) is 1.94. The van der Waals surface area contributed by atoms with Crippen LogP contribution in [0.2, 0.25) is 0 Å². The lowest BCUT2D eigenvalue weighted by molar-refractivity contribution is 0.340. The van der Waals surface area contributed by atoms with Crippen molar-refractivity contribution >= 4 is 21.6 Å². The number of hydrogen-bond acceptors (Lipinski definition) is 4. The predicted molar refractivity (Wildman–Crippen MR) is 61.7 cm³/mol. The van der Waals surface area contributed by atoms with Crippen molar-refractivity contribution in [2.45, 2.75) is 6.92 Å². The average Bonchev–Trinajstić information content (AvgIpc) is 2.56. The second-order valence-electron chi connectivity index (χ2n) is 3.14. The minimum Gasteiger partial charge on any atom is -0.494 e. The summed E-state index contributed by atoms with van der Waals surface area (Å²) >= 11 is 1.57. The molecule has 1 aromatic carbocycles. The lowest BCUT2D eigenvalue weighted by atomic mass is 10.3. The van der Waals surface area contributed by atoms with Crippen molar-refractivity contribution in [3.63, 3.8) is 0 Å². The van der Waals surface area contributed by atoms with E-state index >= 15 is 0 Å². The van der Waals surface area contributed by atoms with Gasteiger partial charge in [-0.25, -0.2) is 0 Å². The number of hydrogen-bond donors (Lipinski definition) is 1. The smallest absolute Gasteiger partial charge is 0.208 e. The lowest BCUT2D eigenvalue weighted by Crippen LogP contribution is -2.12. The highest BCUT2D eigenvalue weighted by atomic mass is 32.1. The number of nitrogens with two attached hydrogens (primary N) is 1. The molecule has 0 aliphatic carbocycles. The normalized spacial score (nSPS) is 12.3. The molecule has 0 spiro atoms. The predicted octanol–water partition coefficient (Wildman–Crippen LogP) is 1.41. The van der Waals surface area contributed by atoms with Crippen molar-refractivity contribution in [3.05, 3.63) is 23.0 Å². The zero-order valence-corrected chi connectivity index (χ0v) is 9.54. The average molecular weight is 223 g/mol. The summed E-state index contributed by atoms with van der Waals surface area (Å²) in [6.07, 6.45) is 0. The summed E-state index contributed by atoms with van der Waals surface area (Å²) in [6, 6.07) is 5.99. The molecule has 0 saturated heterocycles. The first-order chi connectivity index (χ1) is 7.26. The summed E-state index contributed by atoms with van der Waals surface area (Å²) in [4.78, 5) is 0.804. The number of aromatic nitrogens is 1. The fourth-order valence-electron chi connectivity index (χ4n) is 1.48. The van der Waals surface area contributed by atoms with E-state index in [9.17, 15) is 0 Å². The number of ether oxygens (including phenoxy) is 1. The van der Waals surface area contributed by atoms with Crippen molar-refractivity contribution < 1.29 is 4.74 Å². The Morgan fingerprint density at radius 1 is 1.53 bits per heavy atom. The number of fused-ring (bicyclic) bond motifs is 1. The molecule has 0 fully saturated rings. The first kappa shape index (κ1) is 10.0. The third kappa shape index (κ3) is 1.70. The van der Waals surface area contributed by atoms with E-state index in [1.165, 1.54) is 0 Å². The minimum absolute atomic E-state index is 0.674. The van der Waals surface area contributed by atoms with E-state index in [0.717, 1.165) is 20.8 Å². The number of nitrogens with zero attached hydrogens (tertiary/aromatic N) is 2. The van der Waals surface area contributed by atoms with Crippen molar-refractivity contribution in [2.75, 3.05) is 6.61 Å². The van der Waals surface area contributed by atoms with Crippen LogP contribution in [0.25, 0.3) is 10.2 Å². The van der Waals surface area contributed by atoms with Crippen molar-refractivity contribution in [3.8, 4) is 5.75 Å². The molecule has 2 rings (SSSR count). The molecule has 1 heterocycles. The van der Waals surface area contributed by atoms with Crippen LogP contribution >= 0.6 is 11.3 Å². The molecule has 1 aromatic heterocycles. The number of aryl methyl sites for hydroxylation is 1. The van der Waals surface area contributed by atoms with Gasteiger partial charge in [0.1, 0.15) is 5.75 Å². The quantitative estimate of drug-likeness (QED) is 0.618. The van der Waals surface area contributed by atoms with Gasteiger partial charge in [0.15, 0.2) is 0 Å². The second kappa shape index (κ2) is 3.94. The molecule has 0 atom stereocenters. The Balaban J connectivity index is 2.65. The van der Waals surface area contributed by atoms with E-state index in [0.29, 0.717) is 6.61 Å². The molecule has 2 N–H and O–H groups in total. The summed E-state index contributed by atoms with van der Waals surface area (Å²) < 4.78 is 8.56. The molecule has 0 bridgehead atoms. The molecule has 0 aliphatic rings. The Labute approximate surface area is 91.6 Å². The number of rotatable bonds is 2. The van der Waals surface area contributed by atoms with Gasteiger partial charge >= 0.3 is 0 Å². The number of thiazole rings is 1. The van der Waals surface area contributed by atoms with Crippen molar-refractivity contribution in [2.24, 2.45) is 18.0 Å². The zero-order valence-electron chi connectivity index (χ0n) is 8.73. The standard InChI is InChI=1S/C10H13N3OS/c1-3-14-7-4-5-9-8(6-7)13(2)10(12-11)15-9/h4-6H,3,11H2,1-2H3/b12-10-. The van der Waals surface area contributed by atoms with Gasteiger partial charge in [0, 0.05) is 13.1 Å². The molecular formula is C10H13N3OS. The summed E-state index contributed by atoms with van der Waals surface area (Å²) in [5, 5.41) is 3.72. The Kier molecular flexibility index (Phi) is 2.64. The van der Waals surface area contributed by atoms with Crippen molar-refractivity contribution in [1.82, 2.24) is 4.57 Å². The topological polar surface area (TPSA) is 52.5 Å².